The molecular formula is C14H14F2N2O2. The molecule has 0 aliphatic carbocycles. The Labute approximate surface area is 115 Å². The molecular weight excluding hydrogens is 266 g/mol. The molecule has 0 bridgehead atoms. The summed E-state index contributed by atoms with van der Waals surface area (Å²) >= 11 is 0. The van der Waals surface area contributed by atoms with Gasteiger partial charge >= 0.3 is 5.97 Å². The summed E-state index contributed by atoms with van der Waals surface area (Å²) in [6.07, 6.45) is 0.641. The molecule has 2 rings (SSSR count). The lowest BCUT2D eigenvalue weighted by atomic mass is 9.80. The molecule has 1 saturated heterocycles. The van der Waals surface area contributed by atoms with Gasteiger partial charge in [-0.1, -0.05) is 0 Å². The van der Waals surface area contributed by atoms with E-state index in [4.69, 9.17) is 10.4 Å². The predicted molar refractivity (Wildman–Crippen MR) is 68.3 cm³/mol. The number of carboxylic acids is 1. The SMILES string of the molecule is CC1(C(=O)O)CCN(c2c(F)cc(C#N)cc2F)CC1. The lowest BCUT2D eigenvalue weighted by molar-refractivity contribution is -0.149. The van der Waals surface area contributed by atoms with Gasteiger partial charge in [-0.15, -0.1) is 0 Å². The van der Waals surface area contributed by atoms with E-state index in [0.717, 1.165) is 12.1 Å². The van der Waals surface area contributed by atoms with Crippen molar-refractivity contribution in [2.24, 2.45) is 5.41 Å². The van der Waals surface area contributed by atoms with Crippen LogP contribution in [-0.4, -0.2) is 24.2 Å². The molecule has 4 nitrogen and oxygen atoms in total. The van der Waals surface area contributed by atoms with E-state index >= 15 is 0 Å². The monoisotopic (exact) mass is 280 g/mol. The van der Waals surface area contributed by atoms with Crippen molar-refractivity contribution in [3.63, 3.8) is 0 Å². The van der Waals surface area contributed by atoms with E-state index in [2.05, 4.69) is 0 Å². The van der Waals surface area contributed by atoms with Crippen molar-refractivity contribution in [2.75, 3.05) is 18.0 Å². The van der Waals surface area contributed by atoms with Gasteiger partial charge in [-0.05, 0) is 31.9 Å². The Balaban J connectivity index is 2.24. The van der Waals surface area contributed by atoms with Crippen LogP contribution in [0.1, 0.15) is 25.3 Å². The van der Waals surface area contributed by atoms with Crippen molar-refractivity contribution in [1.82, 2.24) is 0 Å². The van der Waals surface area contributed by atoms with E-state index < -0.39 is 23.0 Å². The second-order valence-corrected chi connectivity index (χ2v) is 5.25. The molecule has 1 aliphatic heterocycles. The molecule has 1 fully saturated rings. The molecule has 0 unspecified atom stereocenters. The fourth-order valence-electron chi connectivity index (χ4n) is 2.37. The number of benzene rings is 1. The van der Waals surface area contributed by atoms with Gasteiger partial charge in [0, 0.05) is 13.1 Å². The zero-order valence-electron chi connectivity index (χ0n) is 11.0. The number of halogens is 2. The highest BCUT2D eigenvalue weighted by Crippen LogP contribution is 2.35. The zero-order valence-corrected chi connectivity index (χ0v) is 11.0. The van der Waals surface area contributed by atoms with Gasteiger partial charge in [-0.2, -0.15) is 5.26 Å². The van der Waals surface area contributed by atoms with Gasteiger partial charge in [0.05, 0.1) is 17.0 Å². The Bertz CT molecular complexity index is 564. The molecule has 0 aromatic heterocycles. The lowest BCUT2D eigenvalue weighted by Gasteiger charge is -2.37. The van der Waals surface area contributed by atoms with Crippen LogP contribution in [0.25, 0.3) is 0 Å². The first-order valence-corrected chi connectivity index (χ1v) is 6.25. The second kappa shape index (κ2) is 5.08. The number of carboxylic acid groups (broad SMARTS) is 1. The molecule has 1 aromatic rings. The zero-order chi connectivity index (χ0) is 14.9. The molecule has 1 aromatic carbocycles. The average molecular weight is 280 g/mol. The number of hydrogen-bond donors (Lipinski definition) is 1. The Hall–Kier alpha value is -2.16. The largest absolute Gasteiger partial charge is 0.481 e. The first kappa shape index (κ1) is 14.3. The van der Waals surface area contributed by atoms with Crippen LogP contribution in [0.2, 0.25) is 0 Å². The number of rotatable bonds is 2. The highest BCUT2D eigenvalue weighted by atomic mass is 19.1. The summed E-state index contributed by atoms with van der Waals surface area (Å²) in [4.78, 5) is 12.6. The predicted octanol–water partition coefficient (Wildman–Crippen LogP) is 2.53. The quantitative estimate of drug-likeness (QED) is 0.904. The van der Waals surface area contributed by atoms with E-state index in [1.807, 2.05) is 0 Å². The Kier molecular flexibility index (Phi) is 3.62. The number of nitrogens with zero attached hydrogens (tertiary/aromatic N) is 2. The highest BCUT2D eigenvalue weighted by Gasteiger charge is 2.37. The van der Waals surface area contributed by atoms with Crippen LogP contribution in [-0.2, 0) is 4.79 Å². The minimum Gasteiger partial charge on any atom is -0.481 e. The number of carbonyl (C=O) groups is 1. The average Bonchev–Trinajstić information content (AvgIpc) is 2.40. The molecule has 6 heteroatoms. The molecule has 1 N–H and O–H groups in total. The minimum absolute atomic E-state index is 0.0730. The van der Waals surface area contributed by atoms with E-state index in [1.165, 1.54) is 4.90 Å². The number of hydrogen-bond acceptors (Lipinski definition) is 3. The van der Waals surface area contributed by atoms with E-state index in [0.29, 0.717) is 12.8 Å². The maximum Gasteiger partial charge on any atom is 0.309 e. The molecule has 0 atom stereocenters. The first-order chi connectivity index (χ1) is 9.37. The highest BCUT2D eigenvalue weighted by molar-refractivity contribution is 5.74. The van der Waals surface area contributed by atoms with Gasteiger partial charge in [-0.25, -0.2) is 8.78 Å². The first-order valence-electron chi connectivity index (χ1n) is 6.25. The second-order valence-electron chi connectivity index (χ2n) is 5.25. The lowest BCUT2D eigenvalue weighted by Crippen LogP contribution is -2.43. The maximum absolute atomic E-state index is 13.9. The molecule has 1 aliphatic rings. The van der Waals surface area contributed by atoms with Gasteiger partial charge in [0.1, 0.15) is 5.69 Å². The third kappa shape index (κ3) is 2.44. The van der Waals surface area contributed by atoms with Crippen molar-refractivity contribution >= 4 is 11.7 Å². The molecule has 106 valence electrons. The molecule has 0 radical (unpaired) electrons. The molecule has 1 heterocycles. The van der Waals surface area contributed by atoms with Crippen molar-refractivity contribution in [1.29, 1.82) is 5.26 Å². The fraction of sp³-hybridized carbons (Fsp3) is 0.429. The number of nitriles is 1. The third-order valence-electron chi connectivity index (χ3n) is 3.85. The summed E-state index contributed by atoms with van der Waals surface area (Å²) in [5.74, 6) is -2.47. The van der Waals surface area contributed by atoms with Gasteiger partial charge in [0.15, 0.2) is 11.6 Å². The Morgan fingerprint density at radius 3 is 2.25 bits per heavy atom. The molecule has 0 spiro atoms. The van der Waals surface area contributed by atoms with Crippen molar-refractivity contribution in [3.05, 3.63) is 29.3 Å². The van der Waals surface area contributed by atoms with Gasteiger partial charge in [-0.3, -0.25) is 4.79 Å². The molecule has 20 heavy (non-hydrogen) atoms. The van der Waals surface area contributed by atoms with Crippen LogP contribution in [0.5, 0.6) is 0 Å². The number of aliphatic carboxylic acids is 1. The van der Waals surface area contributed by atoms with Crippen LogP contribution in [0, 0.1) is 28.4 Å². The summed E-state index contributed by atoms with van der Waals surface area (Å²) in [6, 6.07) is 3.67. The summed E-state index contributed by atoms with van der Waals surface area (Å²) in [5, 5.41) is 17.8. The summed E-state index contributed by atoms with van der Waals surface area (Å²) in [5.41, 5.74) is -1.11. The third-order valence-corrected chi connectivity index (χ3v) is 3.85. The van der Waals surface area contributed by atoms with E-state index in [-0.39, 0.29) is 24.3 Å². The minimum atomic E-state index is -0.891. The van der Waals surface area contributed by atoms with Crippen molar-refractivity contribution in [2.45, 2.75) is 19.8 Å². The Morgan fingerprint density at radius 1 is 1.35 bits per heavy atom. The smallest absolute Gasteiger partial charge is 0.309 e. The molecule has 0 saturated carbocycles. The van der Waals surface area contributed by atoms with Crippen molar-refractivity contribution < 1.29 is 18.7 Å². The maximum atomic E-state index is 13.9. The van der Waals surface area contributed by atoms with Crippen molar-refractivity contribution in [3.8, 4) is 6.07 Å². The number of anilines is 1. The van der Waals surface area contributed by atoms with Crippen LogP contribution >= 0.6 is 0 Å². The van der Waals surface area contributed by atoms with Gasteiger partial charge < -0.3 is 10.0 Å². The normalized spacial score (nSPS) is 17.6. The van der Waals surface area contributed by atoms with E-state index in [9.17, 15) is 13.6 Å². The summed E-state index contributed by atoms with van der Waals surface area (Å²) < 4.78 is 27.8. The van der Waals surface area contributed by atoms with Gasteiger partial charge in [0.25, 0.3) is 0 Å². The van der Waals surface area contributed by atoms with Crippen LogP contribution < -0.4 is 4.90 Å². The fourth-order valence-corrected chi connectivity index (χ4v) is 2.37. The Morgan fingerprint density at radius 2 is 1.85 bits per heavy atom. The molecule has 0 amide bonds. The van der Waals surface area contributed by atoms with Gasteiger partial charge in [0.2, 0.25) is 0 Å². The van der Waals surface area contributed by atoms with E-state index in [1.54, 1.807) is 13.0 Å². The van der Waals surface area contributed by atoms with Crippen LogP contribution in [0.3, 0.4) is 0 Å². The topological polar surface area (TPSA) is 64.3 Å². The van der Waals surface area contributed by atoms with Crippen LogP contribution in [0.4, 0.5) is 14.5 Å². The summed E-state index contributed by atoms with van der Waals surface area (Å²) in [7, 11) is 0. The number of piperidine rings is 1. The summed E-state index contributed by atoms with van der Waals surface area (Å²) in [6.45, 7) is 2.17. The van der Waals surface area contributed by atoms with Crippen LogP contribution in [0.15, 0.2) is 12.1 Å². The standard InChI is InChI=1S/C14H14F2N2O2/c1-14(13(19)20)2-4-18(5-3-14)12-10(15)6-9(8-17)7-11(12)16/h6-7H,2-5H2,1H3,(H,19,20).